The molecular formula is C24H28N4O4. The van der Waals surface area contributed by atoms with Gasteiger partial charge in [0.05, 0.1) is 14.2 Å². The summed E-state index contributed by atoms with van der Waals surface area (Å²) in [7, 11) is 2.72. The second-order valence-electron chi connectivity index (χ2n) is 7.23. The van der Waals surface area contributed by atoms with Crippen molar-refractivity contribution >= 4 is 23.1 Å². The lowest BCUT2D eigenvalue weighted by Crippen LogP contribution is -2.21. The molecule has 0 atom stereocenters. The van der Waals surface area contributed by atoms with Crippen LogP contribution in [0.2, 0.25) is 0 Å². The third kappa shape index (κ3) is 6.32. The number of methoxy groups -OCH3 is 2. The molecule has 0 amide bonds. The molecule has 0 spiro atoms. The van der Waals surface area contributed by atoms with Crippen molar-refractivity contribution in [3.05, 3.63) is 71.3 Å². The van der Waals surface area contributed by atoms with E-state index < -0.39 is 11.9 Å². The van der Waals surface area contributed by atoms with E-state index in [1.54, 1.807) is 24.5 Å². The average Bonchev–Trinajstić information content (AvgIpc) is 2.89. The minimum Gasteiger partial charge on any atom is -0.464 e. The third-order valence-corrected chi connectivity index (χ3v) is 5.11. The summed E-state index contributed by atoms with van der Waals surface area (Å²) < 4.78 is 9.28. The molecule has 4 rings (SSSR count). The fourth-order valence-corrected chi connectivity index (χ4v) is 3.42. The van der Waals surface area contributed by atoms with Gasteiger partial charge in [0.2, 0.25) is 0 Å². The van der Waals surface area contributed by atoms with Gasteiger partial charge in [0.25, 0.3) is 0 Å². The van der Waals surface area contributed by atoms with E-state index in [1.165, 1.54) is 25.4 Å². The summed E-state index contributed by atoms with van der Waals surface area (Å²) in [6, 6.07) is 7.35. The quantitative estimate of drug-likeness (QED) is 0.705. The van der Waals surface area contributed by atoms with Gasteiger partial charge < -0.3 is 20.1 Å². The van der Waals surface area contributed by atoms with Crippen molar-refractivity contribution in [2.75, 3.05) is 40.4 Å². The van der Waals surface area contributed by atoms with Crippen LogP contribution < -0.4 is 10.6 Å². The van der Waals surface area contributed by atoms with E-state index in [0.717, 1.165) is 50.1 Å². The molecule has 32 heavy (non-hydrogen) atoms. The molecule has 2 aromatic rings. The molecule has 2 N–H and O–H groups in total. The zero-order valence-corrected chi connectivity index (χ0v) is 18.4. The lowest BCUT2D eigenvalue weighted by atomic mass is 10.0. The van der Waals surface area contributed by atoms with E-state index in [-0.39, 0.29) is 0 Å². The highest BCUT2D eigenvalue weighted by Gasteiger charge is 2.12. The van der Waals surface area contributed by atoms with Crippen molar-refractivity contribution in [3.63, 3.8) is 0 Å². The van der Waals surface area contributed by atoms with Crippen LogP contribution in [0.3, 0.4) is 0 Å². The number of rotatable bonds is 4. The molecule has 8 heteroatoms. The van der Waals surface area contributed by atoms with Crippen LogP contribution in [0.1, 0.15) is 44.9 Å². The molecule has 0 bridgehead atoms. The van der Waals surface area contributed by atoms with Crippen molar-refractivity contribution in [1.29, 1.82) is 0 Å². The van der Waals surface area contributed by atoms with Crippen LogP contribution in [0.5, 0.6) is 0 Å². The van der Waals surface area contributed by atoms with Crippen LogP contribution in [-0.2, 0) is 9.47 Å². The zero-order chi connectivity index (χ0) is 22.8. The number of carbonyl (C=O) groups excluding carboxylic acids is 2. The van der Waals surface area contributed by atoms with Gasteiger partial charge >= 0.3 is 11.9 Å². The Hall–Kier alpha value is -3.36. The van der Waals surface area contributed by atoms with Crippen LogP contribution >= 0.6 is 0 Å². The lowest BCUT2D eigenvalue weighted by Gasteiger charge is -2.14. The molecule has 0 saturated carbocycles. The van der Waals surface area contributed by atoms with E-state index in [0.29, 0.717) is 11.4 Å². The number of hydrogen-bond acceptors (Lipinski definition) is 8. The Morgan fingerprint density at radius 2 is 1.22 bits per heavy atom. The van der Waals surface area contributed by atoms with Crippen molar-refractivity contribution in [2.45, 2.75) is 12.8 Å². The highest BCUT2D eigenvalue weighted by molar-refractivity contribution is 5.89. The summed E-state index contributed by atoms with van der Waals surface area (Å²) in [6.07, 6.45) is 9.68. The Morgan fingerprint density at radius 3 is 1.56 bits per heavy atom. The highest BCUT2D eigenvalue weighted by Crippen LogP contribution is 2.18. The molecule has 0 radical (unpaired) electrons. The number of ether oxygens (including phenoxy) is 2. The molecule has 0 unspecified atom stereocenters. The maximum absolute atomic E-state index is 11.3. The standard InChI is InChI=1S/2C12H14N2O2/c2*1-16-12(15)11-7-9(4-6-14-11)10-3-2-5-13-8-10/h2*3-4,6-7,13H,2,5,8H2,1H3. The number of nitrogens with one attached hydrogen (secondary N) is 2. The maximum atomic E-state index is 11.3. The molecule has 8 nitrogen and oxygen atoms in total. The number of nitrogens with zero attached hydrogens (tertiary/aromatic N) is 2. The maximum Gasteiger partial charge on any atom is 0.356 e. The monoisotopic (exact) mass is 436 g/mol. The SMILES string of the molecule is COC(=O)c1cc(C2=CCCNC2)ccn1.COC(=O)c1cc(C2=CCCNC2)ccn1. The summed E-state index contributed by atoms with van der Waals surface area (Å²) in [5.41, 5.74) is 5.18. The first-order valence-electron chi connectivity index (χ1n) is 10.5. The van der Waals surface area contributed by atoms with Gasteiger partial charge in [-0.3, -0.25) is 0 Å². The van der Waals surface area contributed by atoms with Crippen molar-refractivity contribution in [2.24, 2.45) is 0 Å². The van der Waals surface area contributed by atoms with Crippen LogP contribution in [0.25, 0.3) is 11.1 Å². The fourth-order valence-electron chi connectivity index (χ4n) is 3.42. The van der Waals surface area contributed by atoms with Gasteiger partial charge in [0.15, 0.2) is 0 Å². The zero-order valence-electron chi connectivity index (χ0n) is 18.4. The summed E-state index contributed by atoms with van der Waals surface area (Å²) in [5.74, 6) is -0.794. The average molecular weight is 437 g/mol. The Balaban J connectivity index is 0.000000181. The third-order valence-electron chi connectivity index (χ3n) is 5.11. The number of hydrogen-bond donors (Lipinski definition) is 2. The van der Waals surface area contributed by atoms with Gasteiger partial charge in [-0.15, -0.1) is 0 Å². The molecule has 0 fully saturated rings. The number of carbonyl (C=O) groups is 2. The van der Waals surface area contributed by atoms with Gasteiger partial charge in [-0.1, -0.05) is 12.2 Å². The molecule has 2 aliphatic heterocycles. The minimum atomic E-state index is -0.397. The largest absolute Gasteiger partial charge is 0.464 e. The van der Waals surface area contributed by atoms with E-state index >= 15 is 0 Å². The van der Waals surface area contributed by atoms with E-state index in [1.807, 2.05) is 12.1 Å². The molecule has 4 heterocycles. The summed E-state index contributed by atoms with van der Waals surface area (Å²) in [5, 5.41) is 6.58. The Kier molecular flexibility index (Phi) is 8.65. The van der Waals surface area contributed by atoms with E-state index in [2.05, 4.69) is 42.2 Å². The van der Waals surface area contributed by atoms with Gasteiger partial charge in [-0.25, -0.2) is 19.6 Å². The topological polar surface area (TPSA) is 102 Å². The van der Waals surface area contributed by atoms with Crippen LogP contribution in [0.15, 0.2) is 48.8 Å². The van der Waals surface area contributed by atoms with Gasteiger partial charge in [0, 0.05) is 25.5 Å². The first kappa shape index (κ1) is 23.3. The van der Waals surface area contributed by atoms with Crippen LogP contribution in [0, 0.1) is 0 Å². The Labute approximate surface area is 187 Å². The van der Waals surface area contributed by atoms with E-state index in [4.69, 9.17) is 0 Å². The van der Waals surface area contributed by atoms with Crippen molar-refractivity contribution in [1.82, 2.24) is 20.6 Å². The predicted octanol–water partition coefficient (Wildman–Crippen LogP) is 2.49. The molecule has 2 aromatic heterocycles. The van der Waals surface area contributed by atoms with Gasteiger partial charge in [-0.05, 0) is 72.5 Å². The van der Waals surface area contributed by atoms with E-state index in [9.17, 15) is 9.59 Å². The van der Waals surface area contributed by atoms with Crippen molar-refractivity contribution in [3.8, 4) is 0 Å². The summed E-state index contributed by atoms with van der Waals surface area (Å²) in [6.45, 7) is 3.70. The highest BCUT2D eigenvalue weighted by atomic mass is 16.5. The second-order valence-corrected chi connectivity index (χ2v) is 7.23. The molecule has 0 aromatic carbocycles. The summed E-state index contributed by atoms with van der Waals surface area (Å²) in [4.78, 5) is 30.6. The molecule has 168 valence electrons. The fraction of sp³-hybridized carbons (Fsp3) is 0.333. The minimum absolute atomic E-state index is 0.353. The number of aromatic nitrogens is 2. The van der Waals surface area contributed by atoms with Gasteiger partial charge in [-0.2, -0.15) is 0 Å². The molecule has 2 aliphatic rings. The lowest BCUT2D eigenvalue weighted by molar-refractivity contribution is 0.0585. The van der Waals surface area contributed by atoms with Crippen molar-refractivity contribution < 1.29 is 19.1 Å². The summed E-state index contributed by atoms with van der Waals surface area (Å²) >= 11 is 0. The smallest absolute Gasteiger partial charge is 0.356 e. The first-order valence-corrected chi connectivity index (χ1v) is 10.5. The Morgan fingerprint density at radius 1 is 0.781 bits per heavy atom. The van der Waals surface area contributed by atoms with Crippen LogP contribution in [-0.4, -0.2) is 62.3 Å². The second kappa shape index (κ2) is 11.9. The normalized spacial score (nSPS) is 15.4. The number of pyridine rings is 2. The molecule has 0 aliphatic carbocycles. The van der Waals surface area contributed by atoms with Crippen LogP contribution in [0.4, 0.5) is 0 Å². The predicted molar refractivity (Wildman–Crippen MR) is 122 cm³/mol. The molecule has 0 saturated heterocycles. The first-order chi connectivity index (χ1) is 15.6. The number of esters is 2. The van der Waals surface area contributed by atoms with Gasteiger partial charge in [0.1, 0.15) is 11.4 Å². The Bertz CT molecular complexity index is 935. The molecular weight excluding hydrogens is 408 g/mol.